The average Bonchev–Trinajstić information content (AvgIpc) is 3.20. The number of fused-ring (bicyclic) bond motifs is 1. The van der Waals surface area contributed by atoms with Gasteiger partial charge in [0.2, 0.25) is 6.17 Å². The van der Waals surface area contributed by atoms with E-state index in [9.17, 15) is 9.59 Å². The first-order valence-electron chi connectivity index (χ1n) is 11.1. The van der Waals surface area contributed by atoms with Crippen LogP contribution in [0, 0.1) is 13.8 Å². The Hall–Kier alpha value is -4.06. The molecule has 1 unspecified atom stereocenters. The van der Waals surface area contributed by atoms with Gasteiger partial charge in [0.25, 0.3) is 11.5 Å². The van der Waals surface area contributed by atoms with Crippen molar-refractivity contribution in [2.75, 3.05) is 11.4 Å². The highest BCUT2D eigenvalue weighted by atomic mass is 16.2. The quantitative estimate of drug-likeness (QED) is 0.480. The molecule has 2 aliphatic heterocycles. The molecule has 162 valence electrons. The molecule has 33 heavy (non-hydrogen) atoms. The van der Waals surface area contributed by atoms with Crippen molar-refractivity contribution < 1.29 is 4.79 Å². The number of carbonyl (C=O) groups is 1. The van der Waals surface area contributed by atoms with Crippen molar-refractivity contribution >= 4 is 28.2 Å². The fourth-order valence-corrected chi connectivity index (χ4v) is 5.03. The molecule has 0 saturated carbocycles. The first-order chi connectivity index (χ1) is 16.0. The van der Waals surface area contributed by atoms with Gasteiger partial charge in [0.1, 0.15) is 5.82 Å². The van der Waals surface area contributed by atoms with Gasteiger partial charge in [0.05, 0.1) is 22.3 Å². The highest BCUT2D eigenvalue weighted by molar-refractivity contribution is 6.20. The summed E-state index contributed by atoms with van der Waals surface area (Å²) in [5.74, 6) is 0.266. The molecule has 3 aromatic carbocycles. The van der Waals surface area contributed by atoms with Gasteiger partial charge < -0.3 is 4.90 Å². The molecule has 1 aromatic heterocycles. The minimum Gasteiger partial charge on any atom is -0.308 e. The second-order valence-corrected chi connectivity index (χ2v) is 8.63. The van der Waals surface area contributed by atoms with E-state index in [1.54, 1.807) is 17.9 Å². The van der Waals surface area contributed by atoms with Crippen LogP contribution >= 0.6 is 0 Å². The van der Waals surface area contributed by atoms with Gasteiger partial charge >= 0.3 is 0 Å². The minimum atomic E-state index is -1.02. The number of hydrogen-bond acceptors (Lipinski definition) is 4. The van der Waals surface area contributed by atoms with Crippen LogP contribution in [-0.2, 0) is 11.2 Å². The average molecular weight is 434 g/mol. The lowest BCUT2D eigenvalue weighted by atomic mass is 9.96. The standard InChI is InChI=1S/C27H22N4O2/c1-16-14-19-12-13-30-24(19)21(15-16)23(18-8-4-3-5-9-18)29-25(27(30)33)31-17(2)28-22-11-7-6-10-20(22)26(31)32/h3-11,14-15,25H,12-13H2,1-2H3. The van der Waals surface area contributed by atoms with Crippen molar-refractivity contribution in [2.45, 2.75) is 26.4 Å². The van der Waals surface area contributed by atoms with Gasteiger partial charge in [0.15, 0.2) is 0 Å². The second-order valence-electron chi connectivity index (χ2n) is 8.63. The van der Waals surface area contributed by atoms with Crippen molar-refractivity contribution in [3.63, 3.8) is 0 Å². The zero-order valence-electron chi connectivity index (χ0n) is 18.4. The number of anilines is 1. The number of nitrogens with zero attached hydrogens (tertiary/aromatic N) is 4. The molecule has 3 heterocycles. The zero-order valence-corrected chi connectivity index (χ0v) is 18.4. The van der Waals surface area contributed by atoms with E-state index in [0.29, 0.717) is 23.3 Å². The lowest BCUT2D eigenvalue weighted by molar-refractivity contribution is -0.121. The minimum absolute atomic E-state index is 0.202. The Morgan fingerprint density at radius 2 is 1.70 bits per heavy atom. The first kappa shape index (κ1) is 19.6. The maximum absolute atomic E-state index is 13.9. The highest BCUT2D eigenvalue weighted by Gasteiger charge is 2.38. The molecule has 2 aliphatic rings. The molecule has 6 rings (SSSR count). The molecule has 0 radical (unpaired) electrons. The summed E-state index contributed by atoms with van der Waals surface area (Å²) in [5.41, 5.74) is 6.11. The molecule has 0 bridgehead atoms. The van der Waals surface area contributed by atoms with Crippen LogP contribution in [0.15, 0.2) is 76.5 Å². The van der Waals surface area contributed by atoms with Crippen molar-refractivity contribution in [3.8, 4) is 0 Å². The number of benzene rings is 3. The van der Waals surface area contributed by atoms with Crippen LogP contribution in [0.1, 0.15) is 34.2 Å². The van der Waals surface area contributed by atoms with Gasteiger partial charge in [0, 0.05) is 17.7 Å². The van der Waals surface area contributed by atoms with Gasteiger partial charge in [-0.2, -0.15) is 0 Å². The summed E-state index contributed by atoms with van der Waals surface area (Å²) < 4.78 is 1.45. The normalized spacial score (nSPS) is 17.2. The van der Waals surface area contributed by atoms with E-state index in [2.05, 4.69) is 24.0 Å². The van der Waals surface area contributed by atoms with Crippen LogP contribution in [-0.4, -0.2) is 27.7 Å². The number of aromatic nitrogens is 2. The number of rotatable bonds is 2. The van der Waals surface area contributed by atoms with E-state index >= 15 is 0 Å². The monoisotopic (exact) mass is 434 g/mol. The van der Waals surface area contributed by atoms with Crippen molar-refractivity contribution in [1.29, 1.82) is 0 Å². The predicted molar refractivity (Wildman–Crippen MR) is 129 cm³/mol. The summed E-state index contributed by atoms with van der Waals surface area (Å²) in [4.78, 5) is 38.9. The van der Waals surface area contributed by atoms with Crippen LogP contribution in [0.25, 0.3) is 10.9 Å². The number of aryl methyl sites for hydroxylation is 2. The van der Waals surface area contributed by atoms with E-state index in [0.717, 1.165) is 40.1 Å². The van der Waals surface area contributed by atoms with Crippen LogP contribution in [0.5, 0.6) is 0 Å². The van der Waals surface area contributed by atoms with Gasteiger partial charge in [-0.15, -0.1) is 0 Å². The Bertz CT molecular complexity index is 1540. The number of carbonyl (C=O) groups excluding carboxylic acids is 1. The molecular weight excluding hydrogens is 412 g/mol. The van der Waals surface area contributed by atoms with E-state index in [-0.39, 0.29) is 11.5 Å². The molecule has 6 heteroatoms. The summed E-state index contributed by atoms with van der Waals surface area (Å²) in [5, 5.41) is 0.479. The highest BCUT2D eigenvalue weighted by Crippen LogP contribution is 2.39. The van der Waals surface area contributed by atoms with E-state index in [1.807, 2.05) is 48.5 Å². The fraction of sp³-hybridized carbons (Fsp3) is 0.185. The third-order valence-corrected chi connectivity index (χ3v) is 6.48. The van der Waals surface area contributed by atoms with Crippen LogP contribution < -0.4 is 10.5 Å². The fourth-order valence-electron chi connectivity index (χ4n) is 5.03. The van der Waals surface area contributed by atoms with Crippen molar-refractivity contribution in [2.24, 2.45) is 4.99 Å². The molecule has 6 nitrogen and oxygen atoms in total. The van der Waals surface area contributed by atoms with Gasteiger partial charge in [-0.1, -0.05) is 54.1 Å². The molecule has 0 spiro atoms. The van der Waals surface area contributed by atoms with Crippen molar-refractivity contribution in [1.82, 2.24) is 9.55 Å². The Kier molecular flexibility index (Phi) is 4.30. The summed E-state index contributed by atoms with van der Waals surface area (Å²) in [7, 11) is 0. The Balaban J connectivity index is 1.67. The van der Waals surface area contributed by atoms with E-state index in [1.165, 1.54) is 4.57 Å². The summed E-state index contributed by atoms with van der Waals surface area (Å²) >= 11 is 0. The Morgan fingerprint density at radius 1 is 0.939 bits per heavy atom. The number of hydrogen-bond donors (Lipinski definition) is 0. The van der Waals surface area contributed by atoms with Crippen molar-refractivity contribution in [3.05, 3.63) is 105 Å². The van der Waals surface area contributed by atoms with Gasteiger partial charge in [-0.25, -0.2) is 9.98 Å². The number of aliphatic imine (C=N–C) groups is 1. The maximum Gasteiger partial charge on any atom is 0.272 e. The molecule has 1 atom stereocenters. The molecule has 1 amide bonds. The van der Waals surface area contributed by atoms with Crippen LogP contribution in [0.3, 0.4) is 0 Å². The molecule has 0 aliphatic carbocycles. The Labute approximate surface area is 190 Å². The van der Waals surface area contributed by atoms with Crippen LogP contribution in [0.2, 0.25) is 0 Å². The summed E-state index contributed by atoms with van der Waals surface area (Å²) in [6.07, 6.45) is -0.238. The maximum atomic E-state index is 13.9. The lowest BCUT2D eigenvalue weighted by Crippen LogP contribution is -2.39. The van der Waals surface area contributed by atoms with E-state index < -0.39 is 6.17 Å². The second kappa shape index (κ2) is 7.24. The number of amides is 1. The molecular formula is C27H22N4O2. The molecule has 0 fully saturated rings. The summed E-state index contributed by atoms with van der Waals surface area (Å²) in [6.45, 7) is 4.40. The smallest absolute Gasteiger partial charge is 0.272 e. The van der Waals surface area contributed by atoms with Crippen LogP contribution in [0.4, 0.5) is 5.69 Å². The zero-order chi connectivity index (χ0) is 22.7. The van der Waals surface area contributed by atoms with Gasteiger partial charge in [-0.05, 0) is 44.0 Å². The molecule has 4 aromatic rings. The SMILES string of the molecule is Cc1cc2c3c(c1)C(c1ccccc1)=NC(n1c(C)nc4ccccc4c1=O)C(=O)N3CC2. The van der Waals surface area contributed by atoms with Gasteiger partial charge in [-0.3, -0.25) is 14.2 Å². The number of para-hydroxylation sites is 1. The largest absolute Gasteiger partial charge is 0.308 e. The molecule has 0 N–H and O–H groups in total. The van der Waals surface area contributed by atoms with E-state index in [4.69, 9.17) is 4.99 Å². The lowest BCUT2D eigenvalue weighted by Gasteiger charge is -2.23. The molecule has 0 saturated heterocycles. The first-order valence-corrected chi connectivity index (χ1v) is 11.1. The third-order valence-electron chi connectivity index (χ3n) is 6.48. The third kappa shape index (κ3) is 2.94. The summed E-state index contributed by atoms with van der Waals surface area (Å²) in [6, 6.07) is 21.3. The predicted octanol–water partition coefficient (Wildman–Crippen LogP) is 3.95. The Morgan fingerprint density at radius 3 is 2.52 bits per heavy atom. The topological polar surface area (TPSA) is 67.6 Å².